The number of ether oxygens (including phenoxy) is 2. The maximum Gasteiger partial charge on any atom is 0.161 e. The zero-order valence-corrected chi connectivity index (χ0v) is 23.3. The van der Waals surface area contributed by atoms with E-state index in [0.717, 1.165) is 90.9 Å². The minimum Gasteiger partial charge on any atom is -0.493 e. The van der Waals surface area contributed by atoms with Gasteiger partial charge in [-0.3, -0.25) is 9.88 Å². The first-order valence-electron chi connectivity index (χ1n) is 14.7. The molecule has 2 aliphatic rings. The minimum absolute atomic E-state index is 0.233. The molecule has 4 heterocycles. The average Bonchev–Trinajstić information content (AvgIpc) is 3.32. The van der Waals surface area contributed by atoms with E-state index in [1.54, 1.807) is 14.2 Å². The second-order valence-electron chi connectivity index (χ2n) is 10.9. The Morgan fingerprint density at radius 2 is 1.79 bits per heavy atom. The van der Waals surface area contributed by atoms with Crippen LogP contribution in [0, 0.1) is 6.92 Å². The van der Waals surface area contributed by atoms with Gasteiger partial charge in [0, 0.05) is 41.7 Å². The molecule has 2 aromatic carbocycles. The van der Waals surface area contributed by atoms with Crippen molar-refractivity contribution >= 4 is 10.9 Å². The van der Waals surface area contributed by atoms with Gasteiger partial charge in [0.05, 0.1) is 25.9 Å². The molecule has 0 aliphatic carbocycles. The van der Waals surface area contributed by atoms with Crippen LogP contribution in [0.15, 0.2) is 60.8 Å². The van der Waals surface area contributed by atoms with Gasteiger partial charge in [-0.2, -0.15) is 0 Å². The van der Waals surface area contributed by atoms with Gasteiger partial charge in [0.1, 0.15) is 0 Å². The largest absolute Gasteiger partial charge is 0.493 e. The third-order valence-corrected chi connectivity index (χ3v) is 8.59. The number of piperidine rings is 2. The fourth-order valence-electron chi connectivity index (χ4n) is 6.61. The summed E-state index contributed by atoms with van der Waals surface area (Å²) in [6.07, 6.45) is 6.73. The Morgan fingerprint density at radius 1 is 1.00 bits per heavy atom. The SMILES string of the molecule is [2H]C1(Cc2ccccc2)CC(c2cc3c(-c4ccc(OC)c(OC)c4)c(C)[nH]c3cn2)CCN1C1CCNCC1. The number of aromatic amines is 1. The van der Waals surface area contributed by atoms with Crippen LogP contribution < -0.4 is 14.8 Å². The highest BCUT2D eigenvalue weighted by Crippen LogP contribution is 2.40. The molecule has 0 bridgehead atoms. The number of pyridine rings is 1. The topological polar surface area (TPSA) is 62.4 Å². The number of aromatic nitrogens is 2. The fourth-order valence-corrected chi connectivity index (χ4v) is 6.61. The lowest BCUT2D eigenvalue weighted by Gasteiger charge is -2.45. The van der Waals surface area contributed by atoms with Crippen molar-refractivity contribution in [2.45, 2.75) is 57.0 Å². The van der Waals surface area contributed by atoms with Gasteiger partial charge in [-0.15, -0.1) is 0 Å². The van der Waals surface area contributed by atoms with Crippen LogP contribution in [0.3, 0.4) is 0 Å². The van der Waals surface area contributed by atoms with Crippen molar-refractivity contribution in [1.82, 2.24) is 20.2 Å². The molecule has 2 aliphatic heterocycles. The highest BCUT2D eigenvalue weighted by atomic mass is 16.5. The molecular formula is C33H40N4O2. The number of methoxy groups -OCH3 is 2. The zero-order valence-electron chi connectivity index (χ0n) is 24.3. The van der Waals surface area contributed by atoms with E-state index in [1.807, 2.05) is 18.3 Å². The smallest absolute Gasteiger partial charge is 0.161 e. The number of nitrogens with one attached hydrogen (secondary N) is 2. The third kappa shape index (κ3) is 5.28. The second-order valence-corrected chi connectivity index (χ2v) is 10.9. The van der Waals surface area contributed by atoms with E-state index in [4.69, 9.17) is 14.5 Å². The predicted octanol–water partition coefficient (Wildman–Crippen LogP) is 6.10. The molecule has 6 nitrogen and oxygen atoms in total. The molecule has 2 fully saturated rings. The molecule has 0 amide bonds. The van der Waals surface area contributed by atoms with Crippen LogP contribution >= 0.6 is 0 Å². The van der Waals surface area contributed by atoms with Gasteiger partial charge in [0.2, 0.25) is 0 Å². The van der Waals surface area contributed by atoms with E-state index in [2.05, 4.69) is 64.6 Å². The summed E-state index contributed by atoms with van der Waals surface area (Å²) < 4.78 is 21.0. The lowest BCUT2D eigenvalue weighted by molar-refractivity contribution is 0.0669. The summed E-state index contributed by atoms with van der Waals surface area (Å²) in [6, 6.07) is 18.7. The Labute approximate surface area is 233 Å². The van der Waals surface area contributed by atoms with Crippen molar-refractivity contribution in [2.24, 2.45) is 0 Å². The summed E-state index contributed by atoms with van der Waals surface area (Å²) in [7, 11) is 3.33. The summed E-state index contributed by atoms with van der Waals surface area (Å²) in [5.74, 6) is 1.67. The summed E-state index contributed by atoms with van der Waals surface area (Å²) in [4.78, 5) is 11.0. The van der Waals surface area contributed by atoms with Gasteiger partial charge in [-0.1, -0.05) is 36.4 Å². The summed E-state index contributed by atoms with van der Waals surface area (Å²) in [6.45, 7) is 5.12. The molecule has 0 radical (unpaired) electrons. The highest BCUT2D eigenvalue weighted by Gasteiger charge is 2.34. The van der Waals surface area contributed by atoms with Crippen LogP contribution in [0.25, 0.3) is 22.0 Å². The molecule has 2 saturated heterocycles. The number of fused-ring (bicyclic) bond motifs is 1. The Bertz CT molecular complexity index is 1470. The first kappa shape index (κ1) is 24.7. The van der Waals surface area contributed by atoms with Gasteiger partial charge in [0.25, 0.3) is 0 Å². The molecule has 2 aromatic heterocycles. The summed E-state index contributed by atoms with van der Waals surface area (Å²) >= 11 is 0. The highest BCUT2D eigenvalue weighted by molar-refractivity contribution is 5.97. The van der Waals surface area contributed by atoms with Crippen LogP contribution in [0.5, 0.6) is 11.5 Å². The first-order valence-corrected chi connectivity index (χ1v) is 14.2. The fraction of sp³-hybridized carbons (Fsp3) is 0.424. The summed E-state index contributed by atoms with van der Waals surface area (Å²) in [5.41, 5.74) is 6.69. The van der Waals surface area contributed by atoms with Gasteiger partial charge in [-0.25, -0.2) is 0 Å². The Kier molecular flexibility index (Phi) is 7.22. The van der Waals surface area contributed by atoms with Crippen molar-refractivity contribution in [3.8, 4) is 22.6 Å². The maximum absolute atomic E-state index is 9.90. The number of hydrogen-bond acceptors (Lipinski definition) is 5. The normalized spacial score (nSPS) is 23.1. The lowest BCUT2D eigenvalue weighted by Crippen LogP contribution is -2.52. The second kappa shape index (κ2) is 11.4. The quantitative estimate of drug-likeness (QED) is 0.305. The van der Waals surface area contributed by atoms with Crippen molar-refractivity contribution in [2.75, 3.05) is 33.9 Å². The molecule has 39 heavy (non-hydrogen) atoms. The van der Waals surface area contributed by atoms with Crippen molar-refractivity contribution in [1.29, 1.82) is 0 Å². The number of aryl methyl sites for hydroxylation is 1. The third-order valence-electron chi connectivity index (χ3n) is 8.59. The van der Waals surface area contributed by atoms with E-state index < -0.39 is 6.02 Å². The Balaban J connectivity index is 1.35. The number of nitrogens with zero attached hydrogens (tertiary/aromatic N) is 2. The molecule has 2 unspecified atom stereocenters. The molecule has 4 aromatic rings. The molecule has 2 atom stereocenters. The van der Waals surface area contributed by atoms with Gasteiger partial charge in [-0.05, 0) is 88.0 Å². The Hall–Kier alpha value is -3.35. The van der Waals surface area contributed by atoms with E-state index in [-0.39, 0.29) is 5.92 Å². The number of likely N-dealkylation sites (tertiary alicyclic amines) is 1. The number of benzene rings is 2. The predicted molar refractivity (Wildman–Crippen MR) is 158 cm³/mol. The molecular weight excluding hydrogens is 484 g/mol. The first-order chi connectivity index (χ1) is 19.5. The zero-order chi connectivity index (χ0) is 27.7. The van der Waals surface area contributed by atoms with Gasteiger partial charge >= 0.3 is 0 Å². The number of rotatable bonds is 7. The van der Waals surface area contributed by atoms with Gasteiger partial charge in [0.15, 0.2) is 11.5 Å². The van der Waals surface area contributed by atoms with E-state index in [0.29, 0.717) is 11.8 Å². The van der Waals surface area contributed by atoms with E-state index in [9.17, 15) is 1.37 Å². The molecule has 2 N–H and O–H groups in total. The van der Waals surface area contributed by atoms with Crippen molar-refractivity contribution in [3.63, 3.8) is 0 Å². The van der Waals surface area contributed by atoms with Crippen molar-refractivity contribution < 1.29 is 10.8 Å². The maximum atomic E-state index is 9.90. The minimum atomic E-state index is -0.664. The Morgan fingerprint density at radius 3 is 2.56 bits per heavy atom. The standard InChI is InChI=1S/C33H40N4O2/c1-22-33(25-9-10-31(38-2)32(19-25)39-3)28-20-29(35-21-30(28)36-22)24-13-16-37(26-11-14-34-15-12-26)27(18-24)17-23-7-5-4-6-8-23/h4-10,19-21,24,26-27,34,36H,11-18H2,1-3H3/i27D. The van der Waals surface area contributed by atoms with Crippen molar-refractivity contribution in [3.05, 3.63) is 77.7 Å². The molecule has 204 valence electrons. The van der Waals surface area contributed by atoms with E-state index in [1.165, 1.54) is 5.56 Å². The molecule has 6 heteroatoms. The van der Waals surface area contributed by atoms with E-state index >= 15 is 0 Å². The van der Waals surface area contributed by atoms with Crippen LogP contribution in [0.2, 0.25) is 0 Å². The monoisotopic (exact) mass is 525 g/mol. The van der Waals surface area contributed by atoms with Crippen LogP contribution in [0.1, 0.15) is 49.9 Å². The van der Waals surface area contributed by atoms with Crippen LogP contribution in [-0.4, -0.2) is 60.8 Å². The molecule has 0 spiro atoms. The lowest BCUT2D eigenvalue weighted by atomic mass is 9.83. The van der Waals surface area contributed by atoms with Gasteiger partial charge < -0.3 is 19.8 Å². The van der Waals surface area contributed by atoms with Crippen LogP contribution in [0.4, 0.5) is 0 Å². The van der Waals surface area contributed by atoms with Crippen LogP contribution in [-0.2, 0) is 6.42 Å². The molecule has 6 rings (SSSR count). The summed E-state index contributed by atoms with van der Waals surface area (Å²) in [5, 5.41) is 4.66. The average molecular weight is 526 g/mol. The molecule has 0 saturated carbocycles. The number of hydrogen-bond donors (Lipinski definition) is 2. The number of H-pyrrole nitrogens is 1.